The van der Waals surface area contributed by atoms with Gasteiger partial charge in [-0.15, -0.1) is 0 Å². The summed E-state index contributed by atoms with van der Waals surface area (Å²) in [5.41, 5.74) is 0. The largest absolute Gasteiger partial charge is 0.378 e. The number of hydrogen-bond donors (Lipinski definition) is 1. The molecular weight excluding hydrogens is 254 g/mol. The van der Waals surface area contributed by atoms with Crippen LogP contribution in [0.15, 0.2) is 0 Å². The van der Waals surface area contributed by atoms with Gasteiger partial charge in [-0.3, -0.25) is 4.79 Å². The van der Waals surface area contributed by atoms with E-state index in [4.69, 9.17) is 4.74 Å². The molecule has 2 rings (SSSR count). The zero-order chi connectivity index (χ0) is 14.2. The van der Waals surface area contributed by atoms with Crippen LogP contribution in [0.3, 0.4) is 0 Å². The van der Waals surface area contributed by atoms with E-state index in [-0.39, 0.29) is 17.9 Å². The number of carbonyl (C=O) groups is 1. The van der Waals surface area contributed by atoms with Crippen molar-refractivity contribution in [1.82, 2.24) is 10.2 Å². The fourth-order valence-electron chi connectivity index (χ4n) is 3.04. The van der Waals surface area contributed by atoms with Gasteiger partial charge in [-0.2, -0.15) is 5.26 Å². The van der Waals surface area contributed by atoms with Gasteiger partial charge in [-0.25, -0.2) is 0 Å². The molecule has 2 atom stereocenters. The van der Waals surface area contributed by atoms with Crippen LogP contribution in [0.25, 0.3) is 0 Å². The van der Waals surface area contributed by atoms with Gasteiger partial charge < -0.3 is 15.0 Å². The van der Waals surface area contributed by atoms with Gasteiger partial charge >= 0.3 is 0 Å². The van der Waals surface area contributed by atoms with E-state index >= 15 is 0 Å². The van der Waals surface area contributed by atoms with Gasteiger partial charge in [-0.1, -0.05) is 19.3 Å². The molecule has 2 aliphatic rings. The highest BCUT2D eigenvalue weighted by atomic mass is 16.5. The van der Waals surface area contributed by atoms with Crippen LogP contribution < -0.4 is 5.32 Å². The first-order valence-electron chi connectivity index (χ1n) is 7.80. The second-order valence-corrected chi connectivity index (χ2v) is 5.68. The quantitative estimate of drug-likeness (QED) is 0.788. The SMILES string of the molecule is N#CC1CCCCCC1NCCC(=O)N1CCOCC1. The van der Waals surface area contributed by atoms with E-state index in [1.54, 1.807) is 0 Å². The average Bonchev–Trinajstić information content (AvgIpc) is 2.73. The molecule has 0 bridgehead atoms. The number of rotatable bonds is 4. The maximum absolute atomic E-state index is 12.0. The van der Waals surface area contributed by atoms with E-state index in [1.807, 2.05) is 4.90 Å². The van der Waals surface area contributed by atoms with E-state index in [1.165, 1.54) is 12.8 Å². The minimum atomic E-state index is 0.107. The van der Waals surface area contributed by atoms with Crippen molar-refractivity contribution in [2.24, 2.45) is 5.92 Å². The third-order valence-corrected chi connectivity index (χ3v) is 4.29. The number of nitrogens with zero attached hydrogens (tertiary/aromatic N) is 2. The molecule has 0 aromatic carbocycles. The molecule has 1 saturated heterocycles. The fraction of sp³-hybridized carbons (Fsp3) is 0.867. The Balaban J connectivity index is 1.70. The number of amides is 1. The monoisotopic (exact) mass is 279 g/mol. The molecule has 0 aromatic heterocycles. The van der Waals surface area contributed by atoms with E-state index in [0.717, 1.165) is 19.3 Å². The van der Waals surface area contributed by atoms with Gasteiger partial charge in [0.25, 0.3) is 0 Å². The maximum atomic E-state index is 12.0. The Morgan fingerprint density at radius 2 is 2.00 bits per heavy atom. The summed E-state index contributed by atoms with van der Waals surface area (Å²) in [6.07, 6.45) is 6.14. The topological polar surface area (TPSA) is 65.4 Å². The lowest BCUT2D eigenvalue weighted by molar-refractivity contribution is -0.135. The fourth-order valence-corrected chi connectivity index (χ4v) is 3.04. The summed E-state index contributed by atoms with van der Waals surface area (Å²) in [4.78, 5) is 13.9. The molecule has 5 nitrogen and oxygen atoms in total. The van der Waals surface area contributed by atoms with Crippen molar-refractivity contribution < 1.29 is 9.53 Å². The number of ether oxygens (including phenoxy) is 1. The first kappa shape index (κ1) is 15.3. The molecule has 1 saturated carbocycles. The summed E-state index contributed by atoms with van der Waals surface area (Å²) < 4.78 is 5.25. The molecule has 20 heavy (non-hydrogen) atoms. The Hall–Kier alpha value is -1.12. The van der Waals surface area contributed by atoms with E-state index < -0.39 is 0 Å². The predicted octanol–water partition coefficient (Wildman–Crippen LogP) is 1.30. The van der Waals surface area contributed by atoms with Crippen molar-refractivity contribution in [2.45, 2.75) is 44.6 Å². The van der Waals surface area contributed by atoms with Gasteiger partial charge in [-0.05, 0) is 12.8 Å². The molecule has 1 heterocycles. The normalized spacial score (nSPS) is 27.6. The van der Waals surface area contributed by atoms with Crippen molar-refractivity contribution in [3.63, 3.8) is 0 Å². The summed E-state index contributed by atoms with van der Waals surface area (Å²) >= 11 is 0. The van der Waals surface area contributed by atoms with Crippen molar-refractivity contribution >= 4 is 5.91 Å². The van der Waals surface area contributed by atoms with Crippen molar-refractivity contribution in [3.05, 3.63) is 0 Å². The summed E-state index contributed by atoms with van der Waals surface area (Å²) in [5, 5.41) is 12.7. The van der Waals surface area contributed by atoms with E-state index in [9.17, 15) is 10.1 Å². The van der Waals surface area contributed by atoms with Gasteiger partial charge in [0.2, 0.25) is 5.91 Å². The maximum Gasteiger partial charge on any atom is 0.224 e. The van der Waals surface area contributed by atoms with Crippen LogP contribution in [0.4, 0.5) is 0 Å². The molecule has 2 unspecified atom stereocenters. The standard InChI is InChI=1S/C15H25N3O2/c16-12-13-4-2-1-3-5-14(13)17-7-6-15(19)18-8-10-20-11-9-18/h13-14,17H,1-11H2. The lowest BCUT2D eigenvalue weighted by Crippen LogP contribution is -2.43. The Morgan fingerprint density at radius 3 is 2.75 bits per heavy atom. The van der Waals surface area contributed by atoms with Crippen molar-refractivity contribution in [2.75, 3.05) is 32.8 Å². The number of nitrogens with one attached hydrogen (secondary N) is 1. The Kier molecular flexibility index (Phi) is 6.28. The van der Waals surface area contributed by atoms with Gasteiger partial charge in [0.1, 0.15) is 0 Å². The second-order valence-electron chi connectivity index (χ2n) is 5.68. The molecule has 1 aliphatic heterocycles. The van der Waals surface area contributed by atoms with Crippen molar-refractivity contribution in [3.8, 4) is 6.07 Å². The Labute approximate surface area is 121 Å². The van der Waals surface area contributed by atoms with Crippen LogP contribution in [0, 0.1) is 17.2 Å². The lowest BCUT2D eigenvalue weighted by Gasteiger charge is -2.27. The molecule has 112 valence electrons. The highest BCUT2D eigenvalue weighted by molar-refractivity contribution is 5.76. The first-order valence-corrected chi connectivity index (χ1v) is 7.80. The number of morpholine rings is 1. The van der Waals surface area contributed by atoms with Crippen LogP contribution in [0.1, 0.15) is 38.5 Å². The molecule has 0 radical (unpaired) electrons. The minimum Gasteiger partial charge on any atom is -0.378 e. The van der Waals surface area contributed by atoms with Crippen molar-refractivity contribution in [1.29, 1.82) is 5.26 Å². The Bertz CT molecular complexity index is 348. The third-order valence-electron chi connectivity index (χ3n) is 4.29. The molecular formula is C15H25N3O2. The number of carbonyl (C=O) groups excluding carboxylic acids is 1. The highest BCUT2D eigenvalue weighted by Gasteiger charge is 2.23. The van der Waals surface area contributed by atoms with Crippen LogP contribution in [0.2, 0.25) is 0 Å². The summed E-state index contributed by atoms with van der Waals surface area (Å²) in [7, 11) is 0. The van der Waals surface area contributed by atoms with E-state index in [2.05, 4.69) is 11.4 Å². The molecule has 0 spiro atoms. The summed E-state index contributed by atoms with van der Waals surface area (Å²) in [5.74, 6) is 0.305. The predicted molar refractivity (Wildman–Crippen MR) is 76.0 cm³/mol. The lowest BCUT2D eigenvalue weighted by atomic mass is 9.96. The zero-order valence-corrected chi connectivity index (χ0v) is 12.1. The highest BCUT2D eigenvalue weighted by Crippen LogP contribution is 2.22. The molecule has 1 aliphatic carbocycles. The Morgan fingerprint density at radius 1 is 1.25 bits per heavy atom. The zero-order valence-electron chi connectivity index (χ0n) is 12.1. The molecule has 2 fully saturated rings. The third kappa shape index (κ3) is 4.46. The van der Waals surface area contributed by atoms with Crippen LogP contribution >= 0.6 is 0 Å². The van der Waals surface area contributed by atoms with Crippen LogP contribution in [0.5, 0.6) is 0 Å². The smallest absolute Gasteiger partial charge is 0.224 e. The van der Waals surface area contributed by atoms with Crippen LogP contribution in [-0.2, 0) is 9.53 Å². The first-order chi connectivity index (χ1) is 9.81. The molecule has 0 aromatic rings. The summed E-state index contributed by atoms with van der Waals surface area (Å²) in [6, 6.07) is 2.68. The van der Waals surface area contributed by atoms with Gasteiger partial charge in [0.05, 0.1) is 25.2 Å². The number of hydrogen-bond acceptors (Lipinski definition) is 4. The van der Waals surface area contributed by atoms with E-state index in [0.29, 0.717) is 39.3 Å². The molecule has 1 N–H and O–H groups in total. The summed E-state index contributed by atoms with van der Waals surface area (Å²) in [6.45, 7) is 3.40. The average molecular weight is 279 g/mol. The van der Waals surface area contributed by atoms with Crippen LogP contribution in [-0.4, -0.2) is 49.7 Å². The number of nitriles is 1. The second kappa shape index (κ2) is 8.23. The molecule has 5 heteroatoms. The minimum absolute atomic E-state index is 0.107. The van der Waals surface area contributed by atoms with Gasteiger partial charge in [0, 0.05) is 32.1 Å². The molecule has 1 amide bonds. The van der Waals surface area contributed by atoms with Gasteiger partial charge in [0.15, 0.2) is 0 Å².